The fraction of sp³-hybridized carbons (Fsp3) is 0.357. The highest BCUT2D eigenvalue weighted by Gasteiger charge is 2.17. The molecule has 3 heteroatoms. The Morgan fingerprint density at radius 3 is 3.06 bits per heavy atom. The average molecular weight is 227 g/mol. The van der Waals surface area contributed by atoms with Crippen LogP contribution in [0.2, 0.25) is 0 Å². The molecule has 1 aliphatic carbocycles. The molecule has 3 N–H and O–H groups in total. The number of fused-ring (bicyclic) bond motifs is 1. The summed E-state index contributed by atoms with van der Waals surface area (Å²) in [6, 6.07) is 6.67. The molecule has 17 heavy (non-hydrogen) atoms. The molecule has 0 spiro atoms. The Bertz CT molecular complexity index is 542. The standard InChI is InChI=1S/C14H17N3/c1-9-3-2-4-10-5-6-11(7-12(9)10)13-8-16-17-14(13)15/h5-9H,2-4H2,1H3,(H3,15,16,17). The maximum atomic E-state index is 5.87. The zero-order chi connectivity index (χ0) is 11.8. The van der Waals surface area contributed by atoms with E-state index in [1.807, 2.05) is 0 Å². The fourth-order valence-electron chi connectivity index (χ4n) is 2.73. The van der Waals surface area contributed by atoms with Crippen LogP contribution in [0.5, 0.6) is 0 Å². The first-order chi connectivity index (χ1) is 8.25. The molecule has 0 bridgehead atoms. The highest BCUT2D eigenvalue weighted by molar-refractivity contribution is 5.74. The number of nitrogen functional groups attached to an aromatic ring is 1. The molecule has 1 heterocycles. The Labute approximate surface area is 101 Å². The number of aryl methyl sites for hydroxylation is 1. The second kappa shape index (κ2) is 3.91. The number of nitrogens with two attached hydrogens (primary N) is 1. The van der Waals surface area contributed by atoms with Gasteiger partial charge in [0.1, 0.15) is 5.82 Å². The van der Waals surface area contributed by atoms with E-state index in [2.05, 4.69) is 35.3 Å². The summed E-state index contributed by atoms with van der Waals surface area (Å²) in [4.78, 5) is 0. The van der Waals surface area contributed by atoms with Crippen molar-refractivity contribution in [2.75, 3.05) is 5.73 Å². The number of benzene rings is 1. The first kappa shape index (κ1) is 10.4. The number of anilines is 1. The summed E-state index contributed by atoms with van der Waals surface area (Å²) in [5.74, 6) is 1.31. The summed E-state index contributed by atoms with van der Waals surface area (Å²) in [6.07, 6.45) is 5.60. The van der Waals surface area contributed by atoms with Gasteiger partial charge in [0, 0.05) is 5.56 Å². The Kier molecular flexibility index (Phi) is 2.39. The fourth-order valence-corrected chi connectivity index (χ4v) is 2.73. The normalized spacial score (nSPS) is 19.0. The highest BCUT2D eigenvalue weighted by Crippen LogP contribution is 2.35. The van der Waals surface area contributed by atoms with Gasteiger partial charge in [-0.25, -0.2) is 0 Å². The third kappa shape index (κ3) is 1.71. The molecule has 1 aliphatic rings. The lowest BCUT2D eigenvalue weighted by Crippen LogP contribution is -2.06. The molecular weight excluding hydrogens is 210 g/mol. The van der Waals surface area contributed by atoms with Crippen LogP contribution < -0.4 is 5.73 Å². The zero-order valence-electron chi connectivity index (χ0n) is 10.0. The van der Waals surface area contributed by atoms with Gasteiger partial charge in [-0.05, 0) is 41.9 Å². The molecule has 3 rings (SSSR count). The van der Waals surface area contributed by atoms with Crippen molar-refractivity contribution in [2.45, 2.75) is 32.1 Å². The molecule has 3 nitrogen and oxygen atoms in total. The third-order valence-corrected chi connectivity index (χ3v) is 3.74. The summed E-state index contributed by atoms with van der Waals surface area (Å²) in [6.45, 7) is 2.31. The summed E-state index contributed by atoms with van der Waals surface area (Å²) in [5, 5.41) is 6.77. The van der Waals surface area contributed by atoms with Crippen molar-refractivity contribution in [3.05, 3.63) is 35.5 Å². The van der Waals surface area contributed by atoms with E-state index < -0.39 is 0 Å². The van der Waals surface area contributed by atoms with Gasteiger partial charge in [-0.15, -0.1) is 0 Å². The first-order valence-electron chi connectivity index (χ1n) is 6.18. The van der Waals surface area contributed by atoms with Crippen LogP contribution in [-0.4, -0.2) is 10.2 Å². The quantitative estimate of drug-likeness (QED) is 0.786. The molecule has 0 fully saturated rings. The minimum atomic E-state index is 0.647. The van der Waals surface area contributed by atoms with Gasteiger partial charge in [-0.3, -0.25) is 5.10 Å². The molecule has 1 aromatic carbocycles. The van der Waals surface area contributed by atoms with Crippen LogP contribution in [0.4, 0.5) is 5.82 Å². The van der Waals surface area contributed by atoms with E-state index in [0.717, 1.165) is 5.56 Å². The number of nitrogens with one attached hydrogen (secondary N) is 1. The number of nitrogens with zero attached hydrogens (tertiary/aromatic N) is 1. The number of aromatic nitrogens is 2. The van der Waals surface area contributed by atoms with Crippen molar-refractivity contribution in [1.29, 1.82) is 0 Å². The molecule has 0 amide bonds. The van der Waals surface area contributed by atoms with Crippen LogP contribution in [0.3, 0.4) is 0 Å². The number of hydrogen-bond acceptors (Lipinski definition) is 2. The monoisotopic (exact) mass is 227 g/mol. The predicted octanol–water partition coefficient (Wildman–Crippen LogP) is 3.10. The Morgan fingerprint density at radius 2 is 2.29 bits per heavy atom. The molecule has 2 aromatic rings. The summed E-state index contributed by atoms with van der Waals surface area (Å²) >= 11 is 0. The van der Waals surface area contributed by atoms with E-state index in [1.54, 1.807) is 6.20 Å². The van der Waals surface area contributed by atoms with Crippen molar-refractivity contribution in [3.8, 4) is 11.1 Å². The van der Waals surface area contributed by atoms with Crippen LogP contribution in [0.15, 0.2) is 24.4 Å². The second-order valence-electron chi connectivity index (χ2n) is 4.90. The van der Waals surface area contributed by atoms with E-state index in [9.17, 15) is 0 Å². The van der Waals surface area contributed by atoms with Crippen molar-refractivity contribution >= 4 is 5.82 Å². The lowest BCUT2D eigenvalue weighted by Gasteiger charge is -2.22. The Hall–Kier alpha value is -1.77. The Balaban J connectivity index is 2.09. The SMILES string of the molecule is CC1CCCc2ccc(-c3cn[nH]c3N)cc21. The van der Waals surface area contributed by atoms with Gasteiger partial charge >= 0.3 is 0 Å². The lowest BCUT2D eigenvalue weighted by atomic mass is 9.82. The van der Waals surface area contributed by atoms with Crippen LogP contribution in [0, 0.1) is 0 Å². The summed E-state index contributed by atoms with van der Waals surface area (Å²) in [7, 11) is 0. The van der Waals surface area contributed by atoms with Gasteiger partial charge < -0.3 is 5.73 Å². The van der Waals surface area contributed by atoms with Crippen molar-refractivity contribution in [3.63, 3.8) is 0 Å². The number of H-pyrrole nitrogens is 1. The van der Waals surface area contributed by atoms with Crippen LogP contribution in [0.25, 0.3) is 11.1 Å². The lowest BCUT2D eigenvalue weighted by molar-refractivity contribution is 0.590. The molecular formula is C14H17N3. The maximum Gasteiger partial charge on any atom is 0.126 e. The van der Waals surface area contributed by atoms with E-state index >= 15 is 0 Å². The molecule has 1 aromatic heterocycles. The third-order valence-electron chi connectivity index (χ3n) is 3.74. The summed E-state index contributed by atoms with van der Waals surface area (Å²) in [5.41, 5.74) is 11.0. The molecule has 0 aliphatic heterocycles. The molecule has 1 atom stereocenters. The summed E-state index contributed by atoms with van der Waals surface area (Å²) < 4.78 is 0. The van der Waals surface area contributed by atoms with Crippen LogP contribution >= 0.6 is 0 Å². The van der Waals surface area contributed by atoms with E-state index in [1.165, 1.54) is 36.0 Å². The molecule has 88 valence electrons. The van der Waals surface area contributed by atoms with E-state index in [-0.39, 0.29) is 0 Å². The van der Waals surface area contributed by atoms with E-state index in [0.29, 0.717) is 11.7 Å². The Morgan fingerprint density at radius 1 is 1.41 bits per heavy atom. The minimum Gasteiger partial charge on any atom is -0.384 e. The van der Waals surface area contributed by atoms with Gasteiger partial charge in [0.05, 0.1) is 6.20 Å². The first-order valence-corrected chi connectivity index (χ1v) is 6.18. The van der Waals surface area contributed by atoms with Crippen LogP contribution in [0.1, 0.15) is 36.8 Å². The molecule has 1 unspecified atom stereocenters. The molecule has 0 saturated heterocycles. The zero-order valence-corrected chi connectivity index (χ0v) is 10.0. The smallest absolute Gasteiger partial charge is 0.126 e. The molecule has 0 saturated carbocycles. The van der Waals surface area contributed by atoms with Gasteiger partial charge in [-0.1, -0.05) is 25.1 Å². The number of rotatable bonds is 1. The minimum absolute atomic E-state index is 0.647. The van der Waals surface area contributed by atoms with Gasteiger partial charge in [0.2, 0.25) is 0 Å². The van der Waals surface area contributed by atoms with Gasteiger partial charge in [0.15, 0.2) is 0 Å². The van der Waals surface area contributed by atoms with Crippen LogP contribution in [-0.2, 0) is 6.42 Å². The van der Waals surface area contributed by atoms with Gasteiger partial charge in [0.25, 0.3) is 0 Å². The number of aromatic amines is 1. The van der Waals surface area contributed by atoms with Crippen molar-refractivity contribution in [1.82, 2.24) is 10.2 Å². The van der Waals surface area contributed by atoms with Crippen molar-refractivity contribution < 1.29 is 0 Å². The second-order valence-corrected chi connectivity index (χ2v) is 4.90. The van der Waals surface area contributed by atoms with E-state index in [4.69, 9.17) is 5.73 Å². The maximum absolute atomic E-state index is 5.87. The highest BCUT2D eigenvalue weighted by atomic mass is 15.1. The largest absolute Gasteiger partial charge is 0.384 e. The van der Waals surface area contributed by atoms with Gasteiger partial charge in [-0.2, -0.15) is 5.10 Å². The topological polar surface area (TPSA) is 54.7 Å². The molecule has 0 radical (unpaired) electrons. The predicted molar refractivity (Wildman–Crippen MR) is 69.8 cm³/mol. The number of hydrogen-bond donors (Lipinski definition) is 2. The average Bonchev–Trinajstić information content (AvgIpc) is 2.76. The van der Waals surface area contributed by atoms with Crippen molar-refractivity contribution in [2.24, 2.45) is 0 Å².